The van der Waals surface area contributed by atoms with Gasteiger partial charge >= 0.3 is 11.8 Å². The second-order valence-corrected chi connectivity index (χ2v) is 8.85. The Labute approximate surface area is 216 Å². The molecule has 3 N–H and O–H groups in total. The van der Waals surface area contributed by atoms with Crippen molar-refractivity contribution in [1.82, 2.24) is 10.7 Å². The number of nitrogens with one attached hydrogen (secondary N) is 3. The van der Waals surface area contributed by atoms with Crippen molar-refractivity contribution in [3.63, 3.8) is 0 Å². The summed E-state index contributed by atoms with van der Waals surface area (Å²) in [6.07, 6.45) is 6.70. The van der Waals surface area contributed by atoms with Crippen molar-refractivity contribution in [2.24, 2.45) is 5.10 Å². The van der Waals surface area contributed by atoms with E-state index in [-0.39, 0.29) is 17.6 Å². The van der Waals surface area contributed by atoms with Crippen molar-refractivity contribution >= 4 is 29.6 Å². The third-order valence-corrected chi connectivity index (χ3v) is 6.07. The van der Waals surface area contributed by atoms with Gasteiger partial charge < -0.3 is 15.4 Å². The molecule has 3 amide bonds. The maximum absolute atomic E-state index is 12.8. The van der Waals surface area contributed by atoms with E-state index >= 15 is 0 Å². The Hall–Kier alpha value is -4.46. The first-order valence-electron chi connectivity index (χ1n) is 12.4. The van der Waals surface area contributed by atoms with Gasteiger partial charge in [0, 0.05) is 6.04 Å². The molecule has 0 bridgehead atoms. The van der Waals surface area contributed by atoms with Gasteiger partial charge in [-0.2, -0.15) is 5.10 Å². The largest absolute Gasteiger partial charge is 0.489 e. The molecule has 0 saturated heterocycles. The minimum absolute atomic E-state index is 0.132. The van der Waals surface area contributed by atoms with E-state index in [0.29, 0.717) is 17.9 Å². The van der Waals surface area contributed by atoms with Crippen LogP contribution in [0.25, 0.3) is 0 Å². The first-order chi connectivity index (χ1) is 18.1. The van der Waals surface area contributed by atoms with Crippen molar-refractivity contribution in [3.05, 3.63) is 95.6 Å². The highest BCUT2D eigenvalue weighted by Crippen LogP contribution is 2.20. The van der Waals surface area contributed by atoms with Crippen LogP contribution >= 0.6 is 0 Å². The summed E-state index contributed by atoms with van der Waals surface area (Å²) in [4.78, 5) is 37.4. The smallest absolute Gasteiger partial charge is 0.329 e. The van der Waals surface area contributed by atoms with Crippen LogP contribution in [0.1, 0.15) is 53.6 Å². The summed E-state index contributed by atoms with van der Waals surface area (Å²) < 4.78 is 5.75. The Morgan fingerprint density at radius 3 is 2.30 bits per heavy atom. The number of benzene rings is 3. The average Bonchev–Trinajstić information content (AvgIpc) is 2.94. The first-order valence-corrected chi connectivity index (χ1v) is 12.4. The van der Waals surface area contributed by atoms with E-state index in [2.05, 4.69) is 21.2 Å². The zero-order valence-corrected chi connectivity index (χ0v) is 20.5. The van der Waals surface area contributed by atoms with Crippen LogP contribution in [0.15, 0.2) is 84.0 Å². The van der Waals surface area contributed by atoms with Gasteiger partial charge in [0.25, 0.3) is 5.91 Å². The minimum Gasteiger partial charge on any atom is -0.489 e. The third kappa shape index (κ3) is 7.76. The summed E-state index contributed by atoms with van der Waals surface area (Å²) in [5.74, 6) is -1.42. The van der Waals surface area contributed by atoms with Crippen molar-refractivity contribution in [2.45, 2.75) is 44.8 Å². The standard InChI is InChI=1S/C29H30N4O4/c34-27(31-23-11-5-2-6-12-23)25-13-7-8-14-26(25)32-28(35)29(36)33-30-19-21-15-17-24(18-16-21)37-20-22-9-3-1-4-10-22/h1,3-4,7-10,13-19,23H,2,5-6,11-12,20H2,(H,31,34)(H,32,35)(H,33,36). The Morgan fingerprint density at radius 1 is 0.838 bits per heavy atom. The number of nitrogens with zero attached hydrogens (tertiary/aromatic N) is 1. The molecule has 190 valence electrons. The molecule has 37 heavy (non-hydrogen) atoms. The summed E-state index contributed by atoms with van der Waals surface area (Å²) in [6.45, 7) is 0.463. The van der Waals surface area contributed by atoms with Gasteiger partial charge in [-0.3, -0.25) is 14.4 Å². The molecule has 0 heterocycles. The molecule has 3 aromatic rings. The normalized spacial score (nSPS) is 13.6. The topological polar surface area (TPSA) is 109 Å². The second-order valence-electron chi connectivity index (χ2n) is 8.85. The van der Waals surface area contributed by atoms with E-state index in [4.69, 9.17) is 4.74 Å². The average molecular weight is 499 g/mol. The number of para-hydroxylation sites is 1. The zero-order chi connectivity index (χ0) is 25.9. The van der Waals surface area contributed by atoms with Gasteiger partial charge in [0.05, 0.1) is 17.5 Å². The quantitative estimate of drug-likeness (QED) is 0.243. The van der Waals surface area contributed by atoms with Gasteiger partial charge in [-0.1, -0.05) is 61.7 Å². The van der Waals surface area contributed by atoms with Gasteiger partial charge in [0.2, 0.25) is 0 Å². The van der Waals surface area contributed by atoms with E-state index in [0.717, 1.165) is 36.8 Å². The number of rotatable bonds is 8. The van der Waals surface area contributed by atoms with E-state index < -0.39 is 11.8 Å². The molecule has 0 aliphatic heterocycles. The monoisotopic (exact) mass is 498 g/mol. The lowest BCUT2D eigenvalue weighted by Gasteiger charge is -2.23. The van der Waals surface area contributed by atoms with Crippen LogP contribution in [-0.4, -0.2) is 30.0 Å². The molecule has 4 rings (SSSR count). The Morgan fingerprint density at radius 2 is 1.54 bits per heavy atom. The molecule has 0 spiro atoms. The van der Waals surface area contributed by atoms with Gasteiger partial charge in [0.1, 0.15) is 12.4 Å². The molecule has 1 saturated carbocycles. The Kier molecular flexibility index (Phi) is 9.02. The molecule has 1 aliphatic carbocycles. The number of ether oxygens (including phenoxy) is 1. The number of hydrogen-bond acceptors (Lipinski definition) is 5. The Balaban J connectivity index is 1.26. The van der Waals surface area contributed by atoms with Crippen LogP contribution in [0.2, 0.25) is 0 Å². The van der Waals surface area contributed by atoms with Crippen molar-refractivity contribution in [2.75, 3.05) is 5.32 Å². The Bertz CT molecular complexity index is 1240. The van der Waals surface area contributed by atoms with Crippen LogP contribution in [0.3, 0.4) is 0 Å². The van der Waals surface area contributed by atoms with Crippen molar-refractivity contribution in [3.8, 4) is 5.75 Å². The van der Waals surface area contributed by atoms with Crippen LogP contribution in [0.5, 0.6) is 5.75 Å². The first kappa shape index (κ1) is 25.6. The molecule has 1 aliphatic rings. The molecular weight excluding hydrogens is 468 g/mol. The number of carbonyl (C=O) groups excluding carboxylic acids is 3. The lowest BCUT2D eigenvalue weighted by Crippen LogP contribution is -2.37. The van der Waals surface area contributed by atoms with E-state index in [1.807, 2.05) is 30.3 Å². The van der Waals surface area contributed by atoms with Gasteiger partial charge in [0.15, 0.2) is 0 Å². The van der Waals surface area contributed by atoms with Crippen molar-refractivity contribution in [1.29, 1.82) is 0 Å². The number of amides is 3. The molecule has 0 atom stereocenters. The molecule has 0 aromatic heterocycles. The minimum atomic E-state index is -0.943. The van der Waals surface area contributed by atoms with Crippen LogP contribution < -0.4 is 20.8 Å². The molecule has 3 aromatic carbocycles. The van der Waals surface area contributed by atoms with Gasteiger partial charge in [-0.05, 0) is 60.4 Å². The zero-order valence-electron chi connectivity index (χ0n) is 20.5. The molecule has 0 radical (unpaired) electrons. The molecule has 0 unspecified atom stereocenters. The number of hydrazone groups is 1. The fourth-order valence-electron chi connectivity index (χ4n) is 4.09. The fourth-order valence-corrected chi connectivity index (χ4v) is 4.09. The van der Waals surface area contributed by atoms with E-state index in [1.165, 1.54) is 12.6 Å². The summed E-state index contributed by atoms with van der Waals surface area (Å²) in [5.41, 5.74) is 4.59. The van der Waals surface area contributed by atoms with Crippen LogP contribution in [-0.2, 0) is 16.2 Å². The lowest BCUT2D eigenvalue weighted by molar-refractivity contribution is -0.136. The fraction of sp³-hybridized carbons (Fsp3) is 0.241. The number of carbonyl (C=O) groups is 3. The third-order valence-electron chi connectivity index (χ3n) is 6.07. The molecule has 8 nitrogen and oxygen atoms in total. The highest BCUT2D eigenvalue weighted by atomic mass is 16.5. The van der Waals surface area contributed by atoms with Crippen LogP contribution in [0.4, 0.5) is 5.69 Å². The van der Waals surface area contributed by atoms with E-state index in [9.17, 15) is 14.4 Å². The number of hydrogen-bond donors (Lipinski definition) is 3. The summed E-state index contributed by atoms with van der Waals surface area (Å²) in [5, 5.41) is 9.39. The predicted molar refractivity (Wildman–Crippen MR) is 142 cm³/mol. The summed E-state index contributed by atoms with van der Waals surface area (Å²) in [6, 6.07) is 23.8. The second kappa shape index (κ2) is 13.0. The molecule has 1 fully saturated rings. The highest BCUT2D eigenvalue weighted by Gasteiger charge is 2.20. The van der Waals surface area contributed by atoms with Gasteiger partial charge in [-0.25, -0.2) is 5.43 Å². The maximum Gasteiger partial charge on any atom is 0.329 e. The SMILES string of the molecule is O=C(NN=Cc1ccc(OCc2ccccc2)cc1)C(=O)Nc1ccccc1C(=O)NC1CCCCC1. The summed E-state index contributed by atoms with van der Waals surface area (Å²) in [7, 11) is 0. The number of anilines is 1. The lowest BCUT2D eigenvalue weighted by atomic mass is 9.95. The van der Waals surface area contributed by atoms with Crippen LogP contribution in [0, 0.1) is 0 Å². The summed E-state index contributed by atoms with van der Waals surface area (Å²) >= 11 is 0. The van der Waals surface area contributed by atoms with E-state index in [1.54, 1.807) is 48.5 Å². The van der Waals surface area contributed by atoms with Gasteiger partial charge in [-0.15, -0.1) is 0 Å². The highest BCUT2D eigenvalue weighted by molar-refractivity contribution is 6.40. The van der Waals surface area contributed by atoms with Crippen molar-refractivity contribution < 1.29 is 19.1 Å². The molecule has 8 heteroatoms. The predicted octanol–water partition coefficient (Wildman–Crippen LogP) is 4.42. The maximum atomic E-state index is 12.8. The molecular formula is C29H30N4O4.